The highest BCUT2D eigenvalue weighted by Gasteiger charge is 2.32. The molecule has 1 aromatic carbocycles. The summed E-state index contributed by atoms with van der Waals surface area (Å²) in [6.45, 7) is 3.53. The fourth-order valence-corrected chi connectivity index (χ4v) is 3.55. The number of carbonyl (C=O) groups excluding carboxylic acids is 1. The number of hydrogen-bond acceptors (Lipinski definition) is 7. The van der Waals surface area contributed by atoms with E-state index in [1.807, 2.05) is 19.9 Å². The summed E-state index contributed by atoms with van der Waals surface area (Å²) in [6, 6.07) is 5.79. The van der Waals surface area contributed by atoms with Crippen LogP contribution in [0.4, 0.5) is 24.8 Å². The molecule has 11 heteroatoms. The van der Waals surface area contributed by atoms with Crippen LogP contribution in [0, 0.1) is 6.92 Å². The van der Waals surface area contributed by atoms with Crippen molar-refractivity contribution in [2.45, 2.75) is 32.5 Å². The number of alkyl halides is 3. The van der Waals surface area contributed by atoms with E-state index >= 15 is 0 Å². The zero-order valence-corrected chi connectivity index (χ0v) is 17.5. The molecule has 3 rings (SSSR count). The number of carbonyl (C=O) groups is 1. The van der Waals surface area contributed by atoms with Crippen molar-refractivity contribution in [3.8, 4) is 10.4 Å². The molecule has 31 heavy (non-hydrogen) atoms. The number of anilines is 2. The summed E-state index contributed by atoms with van der Waals surface area (Å²) in [5.74, 6) is -0.550. The Hall–Kier alpha value is -3.05. The molecular weight excluding hydrogens is 431 g/mol. The number of nitrogens with one attached hydrogen (secondary N) is 2. The smallest absolute Gasteiger partial charge is 0.394 e. The van der Waals surface area contributed by atoms with Gasteiger partial charge in [0.1, 0.15) is 5.69 Å². The van der Waals surface area contributed by atoms with Crippen molar-refractivity contribution in [1.29, 1.82) is 0 Å². The first-order valence-corrected chi connectivity index (χ1v) is 10.2. The first kappa shape index (κ1) is 22.6. The number of aliphatic hydroxyl groups excluding tert-OH is 1. The van der Waals surface area contributed by atoms with Crippen LogP contribution in [-0.2, 0) is 6.18 Å². The topological polar surface area (TPSA) is 100 Å². The number of hydrogen-bond donors (Lipinski definition) is 3. The number of halogens is 3. The van der Waals surface area contributed by atoms with Gasteiger partial charge in [-0.25, -0.2) is 15.0 Å². The van der Waals surface area contributed by atoms with Crippen molar-refractivity contribution in [2.75, 3.05) is 11.9 Å². The molecule has 0 aliphatic heterocycles. The third-order valence-corrected chi connectivity index (χ3v) is 5.36. The Morgan fingerprint density at radius 3 is 2.71 bits per heavy atom. The first-order valence-electron chi connectivity index (χ1n) is 9.36. The lowest BCUT2D eigenvalue weighted by molar-refractivity contribution is -0.141. The Morgan fingerprint density at radius 2 is 2.03 bits per heavy atom. The molecule has 1 amide bonds. The minimum absolute atomic E-state index is 0.162. The van der Waals surface area contributed by atoms with Gasteiger partial charge in [-0.1, -0.05) is 13.0 Å². The zero-order valence-electron chi connectivity index (χ0n) is 16.7. The Kier molecular flexibility index (Phi) is 6.86. The van der Waals surface area contributed by atoms with E-state index < -0.39 is 11.9 Å². The van der Waals surface area contributed by atoms with Crippen molar-refractivity contribution in [3.05, 3.63) is 52.9 Å². The monoisotopic (exact) mass is 451 g/mol. The summed E-state index contributed by atoms with van der Waals surface area (Å²) in [7, 11) is 0. The molecule has 7 nitrogen and oxygen atoms in total. The predicted octanol–water partition coefficient (Wildman–Crippen LogP) is 4.17. The highest BCUT2D eigenvalue weighted by Crippen LogP contribution is 2.31. The summed E-state index contributed by atoms with van der Waals surface area (Å²) in [5, 5.41) is 15.0. The molecular formula is C20H20F3N5O2S. The van der Waals surface area contributed by atoms with Gasteiger partial charge in [-0.15, -0.1) is 11.3 Å². The number of nitrogens with zero attached hydrogens (tertiary/aromatic N) is 3. The molecule has 0 aliphatic carbocycles. The lowest BCUT2D eigenvalue weighted by Crippen LogP contribution is -2.36. The van der Waals surface area contributed by atoms with Gasteiger partial charge in [-0.05, 0) is 42.7 Å². The summed E-state index contributed by atoms with van der Waals surface area (Å²) in [5.41, 5.74) is 1.04. The standard InChI is InChI=1S/C20H20F3N5O2S/c1-3-13(10-29)26-17(30)18-25-9-15(31-18)12-6-11(2)7-14(8-12)27-19-24-5-4-16(28-19)20(21,22)23/h4-9,13,29H,3,10H2,1-2H3,(H,26,30)(H,24,27,28). The average Bonchev–Trinajstić information content (AvgIpc) is 3.21. The third kappa shape index (κ3) is 5.76. The molecule has 0 radical (unpaired) electrons. The van der Waals surface area contributed by atoms with Crippen LogP contribution in [0.1, 0.15) is 34.4 Å². The van der Waals surface area contributed by atoms with E-state index in [-0.39, 0.29) is 29.5 Å². The maximum atomic E-state index is 12.9. The van der Waals surface area contributed by atoms with Crippen LogP contribution in [0.5, 0.6) is 0 Å². The lowest BCUT2D eigenvalue weighted by Gasteiger charge is -2.12. The predicted molar refractivity (Wildman–Crippen MR) is 111 cm³/mol. The number of amides is 1. The largest absolute Gasteiger partial charge is 0.433 e. The summed E-state index contributed by atoms with van der Waals surface area (Å²) >= 11 is 1.17. The lowest BCUT2D eigenvalue weighted by atomic mass is 10.1. The molecule has 1 atom stereocenters. The summed E-state index contributed by atoms with van der Waals surface area (Å²) in [6.07, 6.45) is -1.38. The van der Waals surface area contributed by atoms with Gasteiger partial charge in [0.25, 0.3) is 5.91 Å². The zero-order chi connectivity index (χ0) is 22.6. The fraction of sp³-hybridized carbons (Fsp3) is 0.300. The molecule has 2 aromatic heterocycles. The minimum Gasteiger partial charge on any atom is -0.394 e. The first-order chi connectivity index (χ1) is 14.7. The second kappa shape index (κ2) is 9.40. The number of rotatable bonds is 7. The Balaban J connectivity index is 1.82. The SMILES string of the molecule is CCC(CO)NC(=O)c1ncc(-c2cc(C)cc(Nc3nccc(C(F)(F)F)n3)c2)s1. The van der Waals surface area contributed by atoms with E-state index in [0.29, 0.717) is 17.0 Å². The fourth-order valence-electron chi connectivity index (χ4n) is 2.74. The highest BCUT2D eigenvalue weighted by molar-refractivity contribution is 7.17. The van der Waals surface area contributed by atoms with Crippen LogP contribution in [0.3, 0.4) is 0 Å². The van der Waals surface area contributed by atoms with E-state index in [0.717, 1.165) is 23.4 Å². The molecule has 164 valence electrons. The molecule has 1 unspecified atom stereocenters. The second-order valence-electron chi connectivity index (χ2n) is 6.77. The number of aromatic nitrogens is 3. The highest BCUT2D eigenvalue weighted by atomic mass is 32.1. The van der Waals surface area contributed by atoms with Gasteiger partial charge in [-0.3, -0.25) is 4.79 Å². The minimum atomic E-state index is -4.57. The number of thiazole rings is 1. The van der Waals surface area contributed by atoms with E-state index in [9.17, 15) is 23.1 Å². The van der Waals surface area contributed by atoms with E-state index in [2.05, 4.69) is 25.6 Å². The third-order valence-electron chi connectivity index (χ3n) is 4.31. The van der Waals surface area contributed by atoms with Gasteiger partial charge in [-0.2, -0.15) is 13.2 Å². The van der Waals surface area contributed by atoms with Crippen LogP contribution in [0.25, 0.3) is 10.4 Å². The van der Waals surface area contributed by atoms with Gasteiger partial charge in [0.2, 0.25) is 5.95 Å². The van der Waals surface area contributed by atoms with E-state index in [1.165, 1.54) is 11.3 Å². The van der Waals surface area contributed by atoms with Gasteiger partial charge in [0.15, 0.2) is 5.01 Å². The molecule has 3 N–H and O–H groups in total. The van der Waals surface area contributed by atoms with Crippen molar-refractivity contribution >= 4 is 28.9 Å². The summed E-state index contributed by atoms with van der Waals surface area (Å²) < 4.78 is 38.6. The van der Waals surface area contributed by atoms with Crippen LogP contribution >= 0.6 is 11.3 Å². The average molecular weight is 451 g/mol. The summed E-state index contributed by atoms with van der Waals surface area (Å²) in [4.78, 5) is 24.5. The molecule has 3 aromatic rings. The molecule has 0 saturated heterocycles. The Morgan fingerprint density at radius 1 is 1.26 bits per heavy atom. The molecule has 0 saturated carbocycles. The normalized spacial score (nSPS) is 12.5. The number of aliphatic hydroxyl groups is 1. The molecule has 0 aliphatic rings. The van der Waals surface area contributed by atoms with Crippen molar-refractivity contribution in [3.63, 3.8) is 0 Å². The van der Waals surface area contributed by atoms with E-state index in [4.69, 9.17) is 0 Å². The molecule has 0 bridgehead atoms. The Bertz CT molecular complexity index is 1070. The van der Waals surface area contributed by atoms with Crippen molar-refractivity contribution < 1.29 is 23.1 Å². The van der Waals surface area contributed by atoms with E-state index in [1.54, 1.807) is 18.3 Å². The van der Waals surface area contributed by atoms with Crippen LogP contribution in [0.15, 0.2) is 36.7 Å². The molecule has 2 heterocycles. The maximum absolute atomic E-state index is 12.9. The number of aryl methyl sites for hydroxylation is 1. The van der Waals surface area contributed by atoms with Gasteiger partial charge < -0.3 is 15.7 Å². The molecule has 0 fully saturated rings. The van der Waals surface area contributed by atoms with Crippen LogP contribution in [-0.4, -0.2) is 38.6 Å². The van der Waals surface area contributed by atoms with Crippen molar-refractivity contribution in [1.82, 2.24) is 20.3 Å². The van der Waals surface area contributed by atoms with Gasteiger partial charge in [0, 0.05) is 18.1 Å². The Labute approximate surface area is 180 Å². The number of benzene rings is 1. The van der Waals surface area contributed by atoms with Gasteiger partial charge in [0.05, 0.1) is 17.5 Å². The van der Waals surface area contributed by atoms with Crippen molar-refractivity contribution in [2.24, 2.45) is 0 Å². The second-order valence-corrected chi connectivity index (χ2v) is 7.80. The van der Waals surface area contributed by atoms with Crippen LogP contribution < -0.4 is 10.6 Å². The van der Waals surface area contributed by atoms with Crippen LogP contribution in [0.2, 0.25) is 0 Å². The quantitative estimate of drug-likeness (QED) is 0.499. The maximum Gasteiger partial charge on any atom is 0.433 e. The molecule has 0 spiro atoms. The van der Waals surface area contributed by atoms with Gasteiger partial charge >= 0.3 is 6.18 Å².